The van der Waals surface area contributed by atoms with E-state index >= 15 is 0 Å². The van der Waals surface area contributed by atoms with Crippen molar-refractivity contribution in [2.75, 3.05) is 0 Å². The Hall–Kier alpha value is -0.820. The Bertz CT molecular complexity index is 404. The number of hydrogen-bond donors (Lipinski definition) is 1. The zero-order valence-corrected chi connectivity index (χ0v) is 11.4. The first-order chi connectivity index (χ1) is 8.74. The minimum atomic E-state index is 0.427. The van der Waals surface area contributed by atoms with Gasteiger partial charge in [-0.2, -0.15) is 0 Å². The van der Waals surface area contributed by atoms with Gasteiger partial charge in [0.25, 0.3) is 0 Å². The fourth-order valence-corrected chi connectivity index (χ4v) is 3.81. The zero-order valence-electron chi connectivity index (χ0n) is 11.4. The molecule has 0 bridgehead atoms. The molecule has 0 aromatic heterocycles. The minimum absolute atomic E-state index is 0.427. The van der Waals surface area contributed by atoms with Crippen LogP contribution in [0.1, 0.15) is 56.1 Å². The highest BCUT2D eigenvalue weighted by Gasteiger charge is 2.30. The van der Waals surface area contributed by atoms with Crippen LogP contribution in [0.15, 0.2) is 24.3 Å². The Balaban J connectivity index is 1.55. The van der Waals surface area contributed by atoms with Crippen molar-refractivity contribution < 1.29 is 0 Å². The third-order valence-electron chi connectivity index (χ3n) is 5.18. The number of benzene rings is 1. The van der Waals surface area contributed by atoms with E-state index in [1.807, 2.05) is 0 Å². The molecule has 0 heterocycles. The maximum absolute atomic E-state index is 6.46. The highest BCUT2D eigenvalue weighted by atomic mass is 14.7. The van der Waals surface area contributed by atoms with Gasteiger partial charge in [0.05, 0.1) is 0 Å². The molecule has 2 atom stereocenters. The molecular formula is C17H25N. The average Bonchev–Trinajstić information content (AvgIpc) is 2.36. The Kier molecular flexibility index (Phi) is 3.43. The second-order valence-corrected chi connectivity index (χ2v) is 6.52. The predicted octanol–water partition coefficient (Wildman–Crippen LogP) is 3.87. The van der Waals surface area contributed by atoms with Gasteiger partial charge in [-0.05, 0) is 54.6 Å². The van der Waals surface area contributed by atoms with Crippen LogP contribution < -0.4 is 5.73 Å². The van der Waals surface area contributed by atoms with Crippen LogP contribution >= 0.6 is 0 Å². The van der Waals surface area contributed by atoms with Gasteiger partial charge in [0.1, 0.15) is 0 Å². The van der Waals surface area contributed by atoms with E-state index in [-0.39, 0.29) is 0 Å². The lowest BCUT2D eigenvalue weighted by Gasteiger charge is -2.36. The summed E-state index contributed by atoms with van der Waals surface area (Å²) in [7, 11) is 0. The van der Waals surface area contributed by atoms with Crippen LogP contribution in [0.5, 0.6) is 0 Å². The summed E-state index contributed by atoms with van der Waals surface area (Å²) in [6, 6.07) is 9.30. The molecule has 2 unspecified atom stereocenters. The van der Waals surface area contributed by atoms with Crippen molar-refractivity contribution in [2.24, 2.45) is 17.6 Å². The smallest absolute Gasteiger partial charge is 0.00731 e. The molecule has 1 saturated carbocycles. The Morgan fingerprint density at radius 2 is 1.89 bits per heavy atom. The third-order valence-corrected chi connectivity index (χ3v) is 5.18. The highest BCUT2D eigenvalue weighted by molar-refractivity contribution is 5.39. The van der Waals surface area contributed by atoms with Gasteiger partial charge < -0.3 is 5.73 Å². The SMILES string of the molecule is CC1CCC(C(N)CC2Cc3ccccc32)CC1. The number of fused-ring (bicyclic) bond motifs is 1. The van der Waals surface area contributed by atoms with Crippen molar-refractivity contribution >= 4 is 0 Å². The van der Waals surface area contributed by atoms with Crippen molar-refractivity contribution in [3.8, 4) is 0 Å². The summed E-state index contributed by atoms with van der Waals surface area (Å²) >= 11 is 0. The fourth-order valence-electron chi connectivity index (χ4n) is 3.81. The molecular weight excluding hydrogens is 218 g/mol. The van der Waals surface area contributed by atoms with E-state index in [4.69, 9.17) is 5.73 Å². The zero-order chi connectivity index (χ0) is 12.5. The van der Waals surface area contributed by atoms with Gasteiger partial charge in [-0.1, -0.05) is 44.0 Å². The van der Waals surface area contributed by atoms with E-state index in [9.17, 15) is 0 Å². The lowest BCUT2D eigenvalue weighted by atomic mass is 9.71. The van der Waals surface area contributed by atoms with Gasteiger partial charge in [-0.3, -0.25) is 0 Å². The summed E-state index contributed by atoms with van der Waals surface area (Å²) in [5, 5.41) is 0. The molecule has 1 aromatic carbocycles. The van der Waals surface area contributed by atoms with Crippen molar-refractivity contribution in [3.63, 3.8) is 0 Å². The minimum Gasteiger partial charge on any atom is -0.327 e. The third kappa shape index (κ3) is 2.33. The quantitative estimate of drug-likeness (QED) is 0.857. The van der Waals surface area contributed by atoms with Crippen LogP contribution in [-0.4, -0.2) is 6.04 Å². The maximum atomic E-state index is 6.46. The summed E-state index contributed by atoms with van der Waals surface area (Å²) in [5.41, 5.74) is 9.58. The molecule has 1 aromatic rings. The molecule has 2 N–H and O–H groups in total. The van der Waals surface area contributed by atoms with E-state index in [2.05, 4.69) is 31.2 Å². The van der Waals surface area contributed by atoms with Crippen molar-refractivity contribution in [3.05, 3.63) is 35.4 Å². The van der Waals surface area contributed by atoms with E-state index < -0.39 is 0 Å². The van der Waals surface area contributed by atoms with Gasteiger partial charge in [0.2, 0.25) is 0 Å². The standard InChI is InChI=1S/C17H25N/c1-12-6-8-13(9-7-12)17(18)11-15-10-14-4-2-3-5-16(14)15/h2-5,12-13,15,17H,6-11,18H2,1H3. The van der Waals surface area contributed by atoms with E-state index in [1.165, 1.54) is 38.5 Å². The first kappa shape index (κ1) is 12.2. The first-order valence-corrected chi connectivity index (χ1v) is 7.57. The van der Waals surface area contributed by atoms with Crippen LogP contribution in [0.3, 0.4) is 0 Å². The predicted molar refractivity (Wildman–Crippen MR) is 76.6 cm³/mol. The van der Waals surface area contributed by atoms with Crippen molar-refractivity contribution in [1.82, 2.24) is 0 Å². The molecule has 18 heavy (non-hydrogen) atoms. The van der Waals surface area contributed by atoms with Gasteiger partial charge in [0, 0.05) is 6.04 Å². The molecule has 3 rings (SSSR count). The topological polar surface area (TPSA) is 26.0 Å². The van der Waals surface area contributed by atoms with Gasteiger partial charge in [-0.15, -0.1) is 0 Å². The van der Waals surface area contributed by atoms with Gasteiger partial charge in [0.15, 0.2) is 0 Å². The number of hydrogen-bond acceptors (Lipinski definition) is 1. The fraction of sp³-hybridized carbons (Fsp3) is 0.647. The van der Waals surface area contributed by atoms with Crippen LogP contribution in [-0.2, 0) is 6.42 Å². The molecule has 0 aliphatic heterocycles. The molecule has 1 fully saturated rings. The number of nitrogens with two attached hydrogens (primary N) is 1. The van der Waals surface area contributed by atoms with Crippen LogP contribution in [0.2, 0.25) is 0 Å². The Morgan fingerprint density at radius 3 is 2.61 bits per heavy atom. The van der Waals surface area contributed by atoms with E-state index in [1.54, 1.807) is 11.1 Å². The number of rotatable bonds is 3. The van der Waals surface area contributed by atoms with Crippen molar-refractivity contribution in [2.45, 2.75) is 57.4 Å². The largest absolute Gasteiger partial charge is 0.327 e. The molecule has 0 saturated heterocycles. The summed E-state index contributed by atoms with van der Waals surface area (Å²) in [4.78, 5) is 0. The van der Waals surface area contributed by atoms with Gasteiger partial charge in [-0.25, -0.2) is 0 Å². The molecule has 2 aliphatic carbocycles. The molecule has 0 spiro atoms. The second-order valence-electron chi connectivity index (χ2n) is 6.52. The van der Waals surface area contributed by atoms with E-state index in [0.717, 1.165) is 17.8 Å². The van der Waals surface area contributed by atoms with E-state index in [0.29, 0.717) is 6.04 Å². The van der Waals surface area contributed by atoms with Crippen molar-refractivity contribution in [1.29, 1.82) is 0 Å². The van der Waals surface area contributed by atoms with Gasteiger partial charge >= 0.3 is 0 Å². The second kappa shape index (κ2) is 5.05. The first-order valence-electron chi connectivity index (χ1n) is 7.57. The lowest BCUT2D eigenvalue weighted by molar-refractivity contribution is 0.239. The summed E-state index contributed by atoms with van der Waals surface area (Å²) < 4.78 is 0. The van der Waals surface area contributed by atoms with Crippen LogP contribution in [0, 0.1) is 11.8 Å². The summed E-state index contributed by atoms with van der Waals surface area (Å²) in [6.07, 6.45) is 7.95. The van der Waals surface area contributed by atoms with Crippen LogP contribution in [0.4, 0.5) is 0 Å². The average molecular weight is 243 g/mol. The normalized spacial score (nSPS) is 32.4. The molecule has 98 valence electrons. The molecule has 1 nitrogen and oxygen atoms in total. The van der Waals surface area contributed by atoms with Crippen LogP contribution in [0.25, 0.3) is 0 Å². The highest BCUT2D eigenvalue weighted by Crippen LogP contribution is 2.40. The molecule has 0 radical (unpaired) electrons. The Morgan fingerprint density at radius 1 is 1.17 bits per heavy atom. The summed E-state index contributed by atoms with van der Waals surface area (Å²) in [5.74, 6) is 2.46. The molecule has 0 amide bonds. The Labute approximate surface area is 111 Å². The molecule has 1 heteroatoms. The molecule has 2 aliphatic rings. The lowest BCUT2D eigenvalue weighted by Crippen LogP contribution is -2.36. The maximum Gasteiger partial charge on any atom is 0.00731 e. The summed E-state index contributed by atoms with van der Waals surface area (Å²) in [6.45, 7) is 2.38. The monoisotopic (exact) mass is 243 g/mol.